The first kappa shape index (κ1) is 12.7. The van der Waals surface area contributed by atoms with E-state index in [4.69, 9.17) is 9.52 Å². The zero-order valence-electron chi connectivity index (χ0n) is 10.5. The van der Waals surface area contributed by atoms with Crippen molar-refractivity contribution in [2.45, 2.75) is 20.3 Å². The summed E-state index contributed by atoms with van der Waals surface area (Å²) in [6.07, 6.45) is 0.621. The van der Waals surface area contributed by atoms with Gasteiger partial charge in [-0.3, -0.25) is 9.59 Å². The number of carboxylic acid groups (broad SMARTS) is 1. The molecule has 1 aromatic rings. The van der Waals surface area contributed by atoms with E-state index < -0.39 is 11.9 Å². The van der Waals surface area contributed by atoms with Gasteiger partial charge in [0.15, 0.2) is 5.76 Å². The third kappa shape index (κ3) is 2.55. The lowest BCUT2D eigenvalue weighted by Crippen LogP contribution is -2.45. The average molecular weight is 251 g/mol. The maximum absolute atomic E-state index is 12.2. The minimum atomic E-state index is -0.838. The molecule has 1 amide bonds. The van der Waals surface area contributed by atoms with Gasteiger partial charge in [0.05, 0.1) is 5.92 Å². The summed E-state index contributed by atoms with van der Waals surface area (Å²) in [4.78, 5) is 24.8. The number of furan rings is 1. The second-order valence-electron chi connectivity index (χ2n) is 5.00. The first-order valence-corrected chi connectivity index (χ1v) is 6.06. The Labute approximate surface area is 105 Å². The fourth-order valence-corrected chi connectivity index (χ4v) is 2.40. The number of carboxylic acids is 1. The van der Waals surface area contributed by atoms with Crippen LogP contribution >= 0.6 is 0 Å². The zero-order chi connectivity index (χ0) is 13.3. The lowest BCUT2D eigenvalue weighted by atomic mass is 9.90. The first-order chi connectivity index (χ1) is 8.47. The average Bonchev–Trinajstić information content (AvgIpc) is 2.74. The van der Waals surface area contributed by atoms with Crippen LogP contribution in [0.4, 0.5) is 0 Å². The molecule has 0 bridgehead atoms. The molecule has 1 saturated heterocycles. The van der Waals surface area contributed by atoms with Crippen molar-refractivity contribution in [2.24, 2.45) is 11.8 Å². The van der Waals surface area contributed by atoms with Gasteiger partial charge in [-0.15, -0.1) is 0 Å². The van der Waals surface area contributed by atoms with Crippen LogP contribution in [0.15, 0.2) is 16.5 Å². The van der Waals surface area contributed by atoms with Crippen LogP contribution in [0.25, 0.3) is 0 Å². The van der Waals surface area contributed by atoms with Crippen LogP contribution in [-0.2, 0) is 4.79 Å². The number of aryl methyl sites for hydroxylation is 1. The number of hydrogen-bond donors (Lipinski definition) is 1. The molecule has 2 atom stereocenters. The highest BCUT2D eigenvalue weighted by Gasteiger charge is 2.33. The highest BCUT2D eigenvalue weighted by Crippen LogP contribution is 2.23. The number of carbonyl (C=O) groups excluding carboxylic acids is 1. The molecule has 98 valence electrons. The van der Waals surface area contributed by atoms with E-state index in [1.54, 1.807) is 24.0 Å². The lowest BCUT2D eigenvalue weighted by molar-refractivity contribution is -0.143. The summed E-state index contributed by atoms with van der Waals surface area (Å²) in [6, 6.07) is 3.36. The number of rotatable bonds is 2. The standard InChI is InChI=1S/C13H17NO4/c1-8-5-10(13(16)17)7-14(6-8)12(15)11-4-3-9(2)18-11/h3-4,8,10H,5-7H2,1-2H3,(H,16,17). The molecule has 0 saturated carbocycles. The molecule has 1 aromatic heterocycles. The van der Waals surface area contributed by atoms with Crippen molar-refractivity contribution in [1.82, 2.24) is 4.90 Å². The van der Waals surface area contributed by atoms with E-state index in [0.717, 1.165) is 0 Å². The summed E-state index contributed by atoms with van der Waals surface area (Å²) >= 11 is 0. The number of hydrogen-bond acceptors (Lipinski definition) is 3. The zero-order valence-corrected chi connectivity index (χ0v) is 10.5. The van der Waals surface area contributed by atoms with Gasteiger partial charge in [-0.1, -0.05) is 6.92 Å². The van der Waals surface area contributed by atoms with Gasteiger partial charge in [0.1, 0.15) is 5.76 Å². The number of amides is 1. The van der Waals surface area contributed by atoms with Crippen LogP contribution in [-0.4, -0.2) is 35.0 Å². The van der Waals surface area contributed by atoms with Gasteiger partial charge in [0.25, 0.3) is 5.91 Å². The van der Waals surface area contributed by atoms with Gasteiger partial charge in [0.2, 0.25) is 0 Å². The molecule has 0 aromatic carbocycles. The monoisotopic (exact) mass is 251 g/mol. The van der Waals surface area contributed by atoms with Crippen LogP contribution in [0.1, 0.15) is 29.7 Å². The van der Waals surface area contributed by atoms with Crippen molar-refractivity contribution in [3.05, 3.63) is 23.7 Å². The van der Waals surface area contributed by atoms with E-state index >= 15 is 0 Å². The third-order valence-electron chi connectivity index (χ3n) is 3.25. The van der Waals surface area contributed by atoms with Crippen LogP contribution in [0.5, 0.6) is 0 Å². The number of carbonyl (C=O) groups is 2. The topological polar surface area (TPSA) is 70.8 Å². The Hall–Kier alpha value is -1.78. The molecule has 0 radical (unpaired) electrons. The number of likely N-dealkylation sites (tertiary alicyclic amines) is 1. The highest BCUT2D eigenvalue weighted by atomic mass is 16.4. The number of aliphatic carboxylic acids is 1. The molecule has 1 fully saturated rings. The SMILES string of the molecule is Cc1ccc(C(=O)N2CC(C)CC(C(=O)O)C2)o1. The lowest BCUT2D eigenvalue weighted by Gasteiger charge is -2.34. The minimum Gasteiger partial charge on any atom is -0.481 e. The van der Waals surface area contributed by atoms with Crippen molar-refractivity contribution in [2.75, 3.05) is 13.1 Å². The van der Waals surface area contributed by atoms with Crippen molar-refractivity contribution >= 4 is 11.9 Å². The third-order valence-corrected chi connectivity index (χ3v) is 3.25. The maximum atomic E-state index is 12.2. The first-order valence-electron chi connectivity index (χ1n) is 6.06. The molecule has 1 N–H and O–H groups in total. The molecule has 5 heteroatoms. The van der Waals surface area contributed by atoms with Gasteiger partial charge in [0, 0.05) is 13.1 Å². The molecule has 1 aliphatic rings. The van der Waals surface area contributed by atoms with E-state index in [1.165, 1.54) is 0 Å². The van der Waals surface area contributed by atoms with E-state index in [-0.39, 0.29) is 24.1 Å². The molecule has 2 rings (SSSR count). The Morgan fingerprint density at radius 3 is 2.67 bits per heavy atom. The summed E-state index contributed by atoms with van der Waals surface area (Å²) in [6.45, 7) is 4.58. The second kappa shape index (κ2) is 4.84. The van der Waals surface area contributed by atoms with Crippen LogP contribution in [0, 0.1) is 18.8 Å². The normalized spacial score (nSPS) is 24.0. The molecule has 5 nitrogen and oxygen atoms in total. The summed E-state index contributed by atoms with van der Waals surface area (Å²) < 4.78 is 5.29. The molecule has 2 unspecified atom stereocenters. The van der Waals surface area contributed by atoms with Crippen molar-refractivity contribution < 1.29 is 19.1 Å². The summed E-state index contributed by atoms with van der Waals surface area (Å²) in [5, 5.41) is 9.07. The largest absolute Gasteiger partial charge is 0.481 e. The maximum Gasteiger partial charge on any atom is 0.308 e. The molecule has 2 heterocycles. The van der Waals surface area contributed by atoms with E-state index in [2.05, 4.69) is 0 Å². The molecule has 0 spiro atoms. The van der Waals surface area contributed by atoms with Crippen molar-refractivity contribution in [1.29, 1.82) is 0 Å². The van der Waals surface area contributed by atoms with Gasteiger partial charge < -0.3 is 14.4 Å². The summed E-state index contributed by atoms with van der Waals surface area (Å²) in [5.41, 5.74) is 0. The van der Waals surface area contributed by atoms with Crippen molar-refractivity contribution in [3.63, 3.8) is 0 Å². The second-order valence-corrected chi connectivity index (χ2v) is 5.00. The summed E-state index contributed by atoms with van der Waals surface area (Å²) in [5.74, 6) is -0.381. The van der Waals surface area contributed by atoms with Gasteiger partial charge >= 0.3 is 5.97 Å². The fourth-order valence-electron chi connectivity index (χ4n) is 2.40. The summed E-state index contributed by atoms with van der Waals surface area (Å²) in [7, 11) is 0. The Balaban J connectivity index is 2.12. The van der Waals surface area contributed by atoms with Gasteiger partial charge in [-0.25, -0.2) is 0 Å². The number of nitrogens with zero attached hydrogens (tertiary/aromatic N) is 1. The van der Waals surface area contributed by atoms with E-state index in [9.17, 15) is 9.59 Å². The Morgan fingerprint density at radius 2 is 2.11 bits per heavy atom. The molecular weight excluding hydrogens is 234 g/mol. The Kier molecular flexibility index (Phi) is 3.41. The van der Waals surface area contributed by atoms with Gasteiger partial charge in [-0.2, -0.15) is 0 Å². The number of piperidine rings is 1. The quantitative estimate of drug-likeness (QED) is 0.869. The smallest absolute Gasteiger partial charge is 0.308 e. The van der Waals surface area contributed by atoms with Gasteiger partial charge in [-0.05, 0) is 31.4 Å². The Bertz CT molecular complexity index is 465. The minimum absolute atomic E-state index is 0.194. The molecular formula is C13H17NO4. The fraction of sp³-hybridized carbons (Fsp3) is 0.538. The Morgan fingerprint density at radius 1 is 1.39 bits per heavy atom. The van der Waals surface area contributed by atoms with E-state index in [0.29, 0.717) is 18.7 Å². The predicted molar refractivity (Wildman–Crippen MR) is 64.3 cm³/mol. The van der Waals surface area contributed by atoms with Crippen LogP contribution < -0.4 is 0 Å². The molecule has 18 heavy (non-hydrogen) atoms. The van der Waals surface area contributed by atoms with Crippen molar-refractivity contribution in [3.8, 4) is 0 Å². The predicted octanol–water partition coefficient (Wildman–Crippen LogP) is 1.77. The van der Waals surface area contributed by atoms with Crippen LogP contribution in [0.3, 0.4) is 0 Å². The molecule has 1 aliphatic heterocycles. The van der Waals surface area contributed by atoms with E-state index in [1.807, 2.05) is 6.92 Å². The van der Waals surface area contributed by atoms with Crippen LogP contribution in [0.2, 0.25) is 0 Å². The molecule has 0 aliphatic carbocycles. The highest BCUT2D eigenvalue weighted by molar-refractivity contribution is 5.92.